The van der Waals surface area contributed by atoms with Gasteiger partial charge in [-0.05, 0) is 36.4 Å². The Morgan fingerprint density at radius 1 is 0.783 bits per heavy atom. The summed E-state index contributed by atoms with van der Waals surface area (Å²) >= 11 is 0. The fourth-order valence-corrected chi connectivity index (χ4v) is 2.45. The minimum atomic E-state index is -0.317. The molecule has 0 saturated carbocycles. The first kappa shape index (κ1) is 13.8. The molecule has 0 fully saturated rings. The summed E-state index contributed by atoms with van der Waals surface area (Å²) in [5.74, 6) is 0.576. The lowest BCUT2D eigenvalue weighted by molar-refractivity contribution is 0.0979. The van der Waals surface area contributed by atoms with Crippen LogP contribution in [0.3, 0.4) is 0 Å². The molecule has 4 rings (SSSR count). The van der Waals surface area contributed by atoms with Gasteiger partial charge in [0, 0.05) is 0 Å². The van der Waals surface area contributed by atoms with E-state index in [0.29, 0.717) is 33.7 Å². The highest BCUT2D eigenvalue weighted by Crippen LogP contribution is 2.15. The molecule has 23 heavy (non-hydrogen) atoms. The second-order valence-electron chi connectivity index (χ2n) is 5.18. The molecular weight excluding hydrogens is 302 g/mol. The number of ether oxygens (including phenoxy) is 1. The molecule has 2 aromatic carbocycles. The molecule has 0 aliphatic carbocycles. The van der Waals surface area contributed by atoms with Gasteiger partial charge in [-0.2, -0.15) is 0 Å². The van der Waals surface area contributed by atoms with Crippen LogP contribution in [0, 0.1) is 11.6 Å². The van der Waals surface area contributed by atoms with Crippen molar-refractivity contribution in [2.24, 2.45) is 0 Å². The van der Waals surface area contributed by atoms with E-state index in [1.807, 2.05) is 0 Å². The summed E-state index contributed by atoms with van der Waals surface area (Å²) in [5, 5.41) is 0. The molecule has 0 amide bonds. The number of nitrogens with zero attached hydrogens (tertiary/aromatic N) is 2. The summed E-state index contributed by atoms with van der Waals surface area (Å²) in [6.45, 7) is 0.476. The zero-order chi connectivity index (χ0) is 15.8. The van der Waals surface area contributed by atoms with Crippen molar-refractivity contribution in [3.63, 3.8) is 0 Å². The third kappa shape index (κ3) is 2.78. The number of benzene rings is 2. The molecule has 2 N–H and O–H groups in total. The van der Waals surface area contributed by atoms with Crippen LogP contribution in [-0.2, 0) is 18.0 Å². The molecule has 0 aliphatic rings. The number of hydrogen-bond donors (Lipinski definition) is 2. The Morgan fingerprint density at radius 3 is 1.74 bits per heavy atom. The molecule has 0 aliphatic heterocycles. The number of nitrogens with one attached hydrogen (secondary N) is 2. The Balaban J connectivity index is 1.45. The topological polar surface area (TPSA) is 66.6 Å². The van der Waals surface area contributed by atoms with Gasteiger partial charge in [0.05, 0.1) is 22.1 Å². The van der Waals surface area contributed by atoms with Gasteiger partial charge in [-0.3, -0.25) is 0 Å². The predicted molar refractivity (Wildman–Crippen MR) is 80.6 cm³/mol. The fourth-order valence-electron chi connectivity index (χ4n) is 2.45. The van der Waals surface area contributed by atoms with Crippen LogP contribution in [0.1, 0.15) is 11.6 Å². The standard InChI is InChI=1S/C16H12F2N4O/c17-9-1-3-11-13(5-9)21-15(19-11)7-23-8-16-20-12-4-2-10(18)6-14(12)22-16/h1-6H,7-8H2,(H,19,21)(H,20,22). The van der Waals surface area contributed by atoms with Gasteiger partial charge in [0.2, 0.25) is 0 Å². The number of fused-ring (bicyclic) bond motifs is 2. The molecule has 0 radical (unpaired) electrons. The number of rotatable bonds is 4. The lowest BCUT2D eigenvalue weighted by atomic mass is 10.3. The van der Waals surface area contributed by atoms with Crippen molar-refractivity contribution in [1.82, 2.24) is 19.9 Å². The summed E-state index contributed by atoms with van der Waals surface area (Å²) < 4.78 is 31.8. The Bertz CT molecular complexity index is 912. The highest BCUT2D eigenvalue weighted by molar-refractivity contribution is 5.75. The van der Waals surface area contributed by atoms with E-state index >= 15 is 0 Å². The van der Waals surface area contributed by atoms with Crippen LogP contribution in [0.15, 0.2) is 36.4 Å². The van der Waals surface area contributed by atoms with E-state index in [1.54, 1.807) is 12.1 Å². The Labute approximate surface area is 129 Å². The van der Waals surface area contributed by atoms with Gasteiger partial charge in [-0.15, -0.1) is 0 Å². The normalized spacial score (nSPS) is 11.6. The van der Waals surface area contributed by atoms with E-state index in [1.165, 1.54) is 24.3 Å². The molecule has 0 bridgehead atoms. The first-order chi connectivity index (χ1) is 11.2. The summed E-state index contributed by atoms with van der Waals surface area (Å²) in [5.41, 5.74) is 2.62. The number of H-pyrrole nitrogens is 2. The van der Waals surface area contributed by atoms with E-state index in [-0.39, 0.29) is 24.8 Å². The quantitative estimate of drug-likeness (QED) is 0.606. The maximum Gasteiger partial charge on any atom is 0.133 e. The monoisotopic (exact) mass is 314 g/mol. The summed E-state index contributed by atoms with van der Waals surface area (Å²) in [4.78, 5) is 14.6. The van der Waals surface area contributed by atoms with Crippen molar-refractivity contribution in [2.45, 2.75) is 13.2 Å². The molecule has 7 heteroatoms. The lowest BCUT2D eigenvalue weighted by Gasteiger charge is -1.98. The van der Waals surface area contributed by atoms with Gasteiger partial charge in [-0.25, -0.2) is 18.7 Å². The zero-order valence-corrected chi connectivity index (χ0v) is 11.9. The van der Waals surface area contributed by atoms with Gasteiger partial charge in [-0.1, -0.05) is 0 Å². The van der Waals surface area contributed by atoms with Crippen molar-refractivity contribution < 1.29 is 13.5 Å². The minimum absolute atomic E-state index is 0.238. The molecule has 116 valence electrons. The molecule has 2 aromatic heterocycles. The van der Waals surface area contributed by atoms with Crippen LogP contribution >= 0.6 is 0 Å². The van der Waals surface area contributed by atoms with Crippen molar-refractivity contribution >= 4 is 22.1 Å². The summed E-state index contributed by atoms with van der Waals surface area (Å²) in [7, 11) is 0. The summed E-state index contributed by atoms with van der Waals surface area (Å²) in [6.07, 6.45) is 0. The van der Waals surface area contributed by atoms with E-state index in [4.69, 9.17) is 4.74 Å². The van der Waals surface area contributed by atoms with Gasteiger partial charge < -0.3 is 14.7 Å². The number of aromatic nitrogens is 4. The van der Waals surface area contributed by atoms with Crippen LogP contribution in [0.4, 0.5) is 8.78 Å². The van der Waals surface area contributed by atoms with Gasteiger partial charge >= 0.3 is 0 Å². The molecule has 0 spiro atoms. The van der Waals surface area contributed by atoms with Gasteiger partial charge in [0.15, 0.2) is 0 Å². The number of aromatic amines is 2. The van der Waals surface area contributed by atoms with Crippen molar-refractivity contribution in [1.29, 1.82) is 0 Å². The highest BCUT2D eigenvalue weighted by atomic mass is 19.1. The average Bonchev–Trinajstić information content (AvgIpc) is 3.09. The Kier molecular flexibility index (Phi) is 3.27. The van der Waals surface area contributed by atoms with Crippen molar-refractivity contribution in [3.8, 4) is 0 Å². The minimum Gasteiger partial charge on any atom is -0.366 e. The third-order valence-electron chi connectivity index (χ3n) is 3.46. The number of hydrogen-bond acceptors (Lipinski definition) is 3. The van der Waals surface area contributed by atoms with E-state index < -0.39 is 0 Å². The first-order valence-electron chi connectivity index (χ1n) is 7.03. The fraction of sp³-hybridized carbons (Fsp3) is 0.125. The Morgan fingerprint density at radius 2 is 1.26 bits per heavy atom. The second-order valence-corrected chi connectivity index (χ2v) is 5.18. The maximum absolute atomic E-state index is 13.1. The molecular formula is C16H12F2N4O. The van der Waals surface area contributed by atoms with E-state index in [0.717, 1.165) is 0 Å². The van der Waals surface area contributed by atoms with E-state index in [2.05, 4.69) is 19.9 Å². The van der Waals surface area contributed by atoms with Crippen molar-refractivity contribution in [2.75, 3.05) is 0 Å². The van der Waals surface area contributed by atoms with Crippen LogP contribution < -0.4 is 0 Å². The molecule has 2 heterocycles. The smallest absolute Gasteiger partial charge is 0.133 e. The maximum atomic E-state index is 13.1. The summed E-state index contributed by atoms with van der Waals surface area (Å²) in [6, 6.07) is 8.72. The Hall–Kier alpha value is -2.80. The van der Waals surface area contributed by atoms with Crippen LogP contribution in [0.25, 0.3) is 22.1 Å². The van der Waals surface area contributed by atoms with Gasteiger partial charge in [0.25, 0.3) is 0 Å². The number of imidazole rings is 2. The second kappa shape index (κ2) is 5.44. The van der Waals surface area contributed by atoms with Crippen LogP contribution in [-0.4, -0.2) is 19.9 Å². The molecule has 0 atom stereocenters. The SMILES string of the molecule is Fc1ccc2nc(COCc3nc4ccc(F)cc4[nH]3)[nH]c2c1. The van der Waals surface area contributed by atoms with E-state index in [9.17, 15) is 8.78 Å². The largest absolute Gasteiger partial charge is 0.366 e. The predicted octanol–water partition coefficient (Wildman–Crippen LogP) is 3.43. The van der Waals surface area contributed by atoms with Crippen LogP contribution in [0.5, 0.6) is 0 Å². The van der Waals surface area contributed by atoms with Crippen LogP contribution in [0.2, 0.25) is 0 Å². The first-order valence-corrected chi connectivity index (χ1v) is 7.03. The molecule has 5 nitrogen and oxygen atoms in total. The van der Waals surface area contributed by atoms with Gasteiger partial charge in [0.1, 0.15) is 36.5 Å². The van der Waals surface area contributed by atoms with Crippen molar-refractivity contribution in [3.05, 3.63) is 59.7 Å². The molecule has 4 aromatic rings. The zero-order valence-electron chi connectivity index (χ0n) is 11.9. The average molecular weight is 314 g/mol. The lowest BCUT2D eigenvalue weighted by Crippen LogP contribution is -1.97. The third-order valence-corrected chi connectivity index (χ3v) is 3.46. The molecule has 0 saturated heterocycles. The number of halogens is 2. The molecule has 0 unspecified atom stereocenters. The highest BCUT2D eigenvalue weighted by Gasteiger charge is 2.06.